The van der Waals surface area contributed by atoms with Crippen LogP contribution in [-0.2, 0) is 6.18 Å². The van der Waals surface area contributed by atoms with Crippen LogP contribution in [0.4, 0.5) is 36.3 Å². The number of rotatable bonds is 6. The molecule has 0 aliphatic rings. The second-order valence-electron chi connectivity index (χ2n) is 5.56. The van der Waals surface area contributed by atoms with Crippen molar-refractivity contribution in [2.24, 2.45) is 0 Å². The second-order valence-corrected chi connectivity index (χ2v) is 5.56. The van der Waals surface area contributed by atoms with E-state index in [1.165, 1.54) is 32.5 Å². The Morgan fingerprint density at radius 1 is 0.893 bits per heavy atom. The number of nitrogens with zero attached hydrogens (tertiary/aromatic N) is 3. The van der Waals surface area contributed by atoms with Gasteiger partial charge in [-0.05, 0) is 30.3 Å². The summed E-state index contributed by atoms with van der Waals surface area (Å²) >= 11 is 0. The van der Waals surface area contributed by atoms with Gasteiger partial charge >= 0.3 is 6.18 Å². The van der Waals surface area contributed by atoms with E-state index in [4.69, 9.17) is 9.47 Å². The monoisotopic (exact) mass is 391 g/mol. The molecule has 28 heavy (non-hydrogen) atoms. The third-order valence-corrected chi connectivity index (χ3v) is 3.66. The van der Waals surface area contributed by atoms with Gasteiger partial charge in [-0.25, -0.2) is 0 Å². The summed E-state index contributed by atoms with van der Waals surface area (Å²) in [6.45, 7) is 0. The Morgan fingerprint density at radius 3 is 2.36 bits per heavy atom. The lowest BCUT2D eigenvalue weighted by atomic mass is 10.2. The Balaban J connectivity index is 1.78. The summed E-state index contributed by atoms with van der Waals surface area (Å²) in [7, 11) is 3.04. The molecule has 0 bridgehead atoms. The van der Waals surface area contributed by atoms with E-state index in [1.807, 2.05) is 0 Å². The summed E-state index contributed by atoms with van der Waals surface area (Å²) in [5.41, 5.74) is 0.0891. The predicted molar refractivity (Wildman–Crippen MR) is 97.4 cm³/mol. The number of methoxy groups -OCH3 is 2. The van der Waals surface area contributed by atoms with Crippen LogP contribution >= 0.6 is 0 Å². The molecule has 0 saturated carbocycles. The molecule has 0 atom stereocenters. The van der Waals surface area contributed by atoms with E-state index < -0.39 is 11.7 Å². The summed E-state index contributed by atoms with van der Waals surface area (Å²) in [6.07, 6.45) is -3.12. The number of anilines is 4. The highest BCUT2D eigenvalue weighted by atomic mass is 19.4. The molecule has 7 nitrogen and oxygen atoms in total. The highest BCUT2D eigenvalue weighted by molar-refractivity contribution is 5.62. The van der Waals surface area contributed by atoms with Gasteiger partial charge in [0, 0.05) is 17.4 Å². The lowest BCUT2D eigenvalue weighted by Crippen LogP contribution is -2.06. The molecule has 2 N–H and O–H groups in total. The quantitative estimate of drug-likeness (QED) is 0.645. The van der Waals surface area contributed by atoms with Crippen molar-refractivity contribution in [3.63, 3.8) is 0 Å². The number of benzene rings is 2. The van der Waals surface area contributed by atoms with Crippen LogP contribution in [0.5, 0.6) is 11.5 Å². The molecule has 3 aromatic rings. The van der Waals surface area contributed by atoms with Gasteiger partial charge in [-0.3, -0.25) is 0 Å². The molecule has 0 amide bonds. The summed E-state index contributed by atoms with van der Waals surface area (Å²) < 4.78 is 48.9. The first-order valence-electron chi connectivity index (χ1n) is 8.02. The van der Waals surface area contributed by atoms with Crippen molar-refractivity contribution in [3.05, 3.63) is 54.2 Å². The zero-order chi connectivity index (χ0) is 20.1. The van der Waals surface area contributed by atoms with Crippen LogP contribution in [0.1, 0.15) is 5.56 Å². The third kappa shape index (κ3) is 4.58. The number of halogens is 3. The van der Waals surface area contributed by atoms with Crippen LogP contribution in [0, 0.1) is 0 Å². The smallest absolute Gasteiger partial charge is 0.416 e. The summed E-state index contributed by atoms with van der Waals surface area (Å²) in [5, 5.41) is 13.4. The van der Waals surface area contributed by atoms with Gasteiger partial charge in [0.15, 0.2) is 17.3 Å². The first kappa shape index (κ1) is 19.2. The molecule has 0 aliphatic carbocycles. The minimum Gasteiger partial charge on any atom is -0.493 e. The average Bonchev–Trinajstić information content (AvgIpc) is 2.68. The first-order chi connectivity index (χ1) is 13.4. The molecule has 0 fully saturated rings. The Bertz CT molecular complexity index is 966. The number of alkyl halides is 3. The molecule has 0 saturated heterocycles. The van der Waals surface area contributed by atoms with Crippen molar-refractivity contribution in [2.45, 2.75) is 6.18 Å². The molecule has 1 heterocycles. The SMILES string of the molecule is COc1ccc(Nc2nncc(Nc3cccc(C(F)(F)F)c3)n2)cc1OC. The van der Waals surface area contributed by atoms with Gasteiger partial charge in [-0.2, -0.15) is 23.3 Å². The highest BCUT2D eigenvalue weighted by Crippen LogP contribution is 2.32. The van der Waals surface area contributed by atoms with E-state index in [2.05, 4.69) is 25.8 Å². The summed E-state index contributed by atoms with van der Waals surface area (Å²) in [5.74, 6) is 1.47. The van der Waals surface area contributed by atoms with E-state index >= 15 is 0 Å². The lowest BCUT2D eigenvalue weighted by molar-refractivity contribution is -0.137. The molecule has 0 radical (unpaired) electrons. The zero-order valence-electron chi connectivity index (χ0n) is 14.9. The van der Waals surface area contributed by atoms with Gasteiger partial charge in [0.05, 0.1) is 26.0 Å². The second kappa shape index (κ2) is 7.99. The van der Waals surface area contributed by atoms with Crippen molar-refractivity contribution < 1.29 is 22.6 Å². The average molecular weight is 391 g/mol. The maximum atomic E-state index is 12.8. The molecule has 0 unspecified atom stereocenters. The molecule has 0 aliphatic heterocycles. The Morgan fingerprint density at radius 2 is 1.64 bits per heavy atom. The van der Waals surface area contributed by atoms with Crippen molar-refractivity contribution in [1.82, 2.24) is 15.2 Å². The van der Waals surface area contributed by atoms with Crippen LogP contribution in [0.15, 0.2) is 48.7 Å². The normalized spacial score (nSPS) is 11.0. The standard InChI is InChI=1S/C18H16F3N5O2/c1-27-14-7-6-13(9-15(14)28-2)24-17-25-16(10-22-26-17)23-12-5-3-4-11(8-12)18(19,20)21/h3-10H,1-2H3,(H2,23,24,25,26). The summed E-state index contributed by atoms with van der Waals surface area (Å²) in [4.78, 5) is 4.20. The Kier molecular flexibility index (Phi) is 5.48. The van der Waals surface area contributed by atoms with Gasteiger partial charge in [0.25, 0.3) is 0 Å². The van der Waals surface area contributed by atoms with Crippen molar-refractivity contribution in [2.75, 3.05) is 24.9 Å². The maximum absolute atomic E-state index is 12.8. The van der Waals surface area contributed by atoms with E-state index in [0.29, 0.717) is 17.2 Å². The van der Waals surface area contributed by atoms with E-state index in [1.54, 1.807) is 18.2 Å². The van der Waals surface area contributed by atoms with Crippen molar-refractivity contribution in [3.8, 4) is 11.5 Å². The molecule has 1 aromatic heterocycles. The number of ether oxygens (including phenoxy) is 2. The Labute approximate surface area is 158 Å². The van der Waals surface area contributed by atoms with Crippen LogP contribution in [0.3, 0.4) is 0 Å². The fourth-order valence-electron chi connectivity index (χ4n) is 2.38. The zero-order valence-corrected chi connectivity index (χ0v) is 14.9. The lowest BCUT2D eigenvalue weighted by Gasteiger charge is -2.12. The molecule has 146 valence electrons. The van der Waals surface area contributed by atoms with Gasteiger partial charge in [0.1, 0.15) is 0 Å². The molecule has 10 heteroatoms. The number of nitrogens with one attached hydrogen (secondary N) is 2. The van der Waals surface area contributed by atoms with Crippen LogP contribution in [0.25, 0.3) is 0 Å². The van der Waals surface area contributed by atoms with E-state index in [0.717, 1.165) is 12.1 Å². The summed E-state index contributed by atoms with van der Waals surface area (Å²) in [6, 6.07) is 9.92. The van der Waals surface area contributed by atoms with E-state index in [9.17, 15) is 13.2 Å². The molecular weight excluding hydrogens is 375 g/mol. The maximum Gasteiger partial charge on any atom is 0.416 e. The van der Waals surface area contributed by atoms with Gasteiger partial charge in [0.2, 0.25) is 5.95 Å². The number of hydrogen-bond acceptors (Lipinski definition) is 7. The third-order valence-electron chi connectivity index (χ3n) is 3.66. The van der Waals surface area contributed by atoms with Gasteiger partial charge < -0.3 is 20.1 Å². The topological polar surface area (TPSA) is 81.2 Å². The largest absolute Gasteiger partial charge is 0.493 e. The molecule has 2 aromatic carbocycles. The first-order valence-corrected chi connectivity index (χ1v) is 8.02. The minimum absolute atomic E-state index is 0.157. The Hall–Kier alpha value is -3.56. The predicted octanol–water partition coefficient (Wildman–Crippen LogP) is 4.39. The van der Waals surface area contributed by atoms with Crippen molar-refractivity contribution in [1.29, 1.82) is 0 Å². The molecular formula is C18H16F3N5O2. The number of hydrogen-bond donors (Lipinski definition) is 2. The van der Waals surface area contributed by atoms with Crippen LogP contribution < -0.4 is 20.1 Å². The molecule has 0 spiro atoms. The molecule has 3 rings (SSSR count). The van der Waals surface area contributed by atoms with Crippen LogP contribution in [0.2, 0.25) is 0 Å². The number of aromatic nitrogens is 3. The van der Waals surface area contributed by atoms with Crippen LogP contribution in [-0.4, -0.2) is 29.4 Å². The fraction of sp³-hybridized carbons (Fsp3) is 0.167. The van der Waals surface area contributed by atoms with Crippen molar-refractivity contribution >= 4 is 23.1 Å². The highest BCUT2D eigenvalue weighted by Gasteiger charge is 2.30. The van der Waals surface area contributed by atoms with Gasteiger partial charge in [-0.1, -0.05) is 6.07 Å². The van der Waals surface area contributed by atoms with E-state index in [-0.39, 0.29) is 17.5 Å². The van der Waals surface area contributed by atoms with Gasteiger partial charge in [-0.15, -0.1) is 5.10 Å². The fourth-order valence-corrected chi connectivity index (χ4v) is 2.38. The minimum atomic E-state index is -4.43.